The van der Waals surface area contributed by atoms with E-state index in [4.69, 9.17) is 5.73 Å². The lowest BCUT2D eigenvalue weighted by Crippen LogP contribution is -1.92. The first kappa shape index (κ1) is 9.84. The van der Waals surface area contributed by atoms with Crippen LogP contribution < -0.4 is 5.73 Å². The molecule has 3 rings (SSSR count). The Hall–Kier alpha value is -2.36. The Bertz CT molecular complexity index is 643. The number of nitrogens with two attached hydrogens (primary N) is 1. The number of nitrogen functional groups attached to an aromatic ring is 1. The van der Waals surface area contributed by atoms with Gasteiger partial charge in [0.25, 0.3) is 0 Å². The standard InChI is InChI=1S/C13H12N4/c14-11-7-4-8-17-13(11)15-12(16-17)9-10-5-2-1-3-6-10/h1-8H,9,14H2. The summed E-state index contributed by atoms with van der Waals surface area (Å²) in [5.74, 6) is 0.786. The summed E-state index contributed by atoms with van der Waals surface area (Å²) in [5, 5.41) is 4.39. The highest BCUT2D eigenvalue weighted by Gasteiger charge is 2.06. The van der Waals surface area contributed by atoms with Crippen molar-refractivity contribution in [2.45, 2.75) is 6.42 Å². The van der Waals surface area contributed by atoms with E-state index in [0.717, 1.165) is 17.9 Å². The molecule has 0 aliphatic rings. The third-order valence-corrected chi connectivity index (χ3v) is 2.64. The predicted octanol–water partition coefficient (Wildman–Crippen LogP) is 1.90. The van der Waals surface area contributed by atoms with E-state index in [9.17, 15) is 0 Å². The number of rotatable bonds is 2. The van der Waals surface area contributed by atoms with Gasteiger partial charge >= 0.3 is 0 Å². The van der Waals surface area contributed by atoms with Crippen LogP contribution in [0.1, 0.15) is 11.4 Å². The van der Waals surface area contributed by atoms with Crippen molar-refractivity contribution in [1.82, 2.24) is 14.6 Å². The summed E-state index contributed by atoms with van der Waals surface area (Å²) in [4.78, 5) is 4.43. The topological polar surface area (TPSA) is 56.2 Å². The molecule has 4 heteroatoms. The van der Waals surface area contributed by atoms with Crippen LogP contribution in [0.15, 0.2) is 48.7 Å². The molecule has 1 aromatic carbocycles. The maximum atomic E-state index is 5.84. The Kier molecular flexibility index (Phi) is 2.26. The van der Waals surface area contributed by atoms with E-state index in [-0.39, 0.29) is 0 Å². The maximum Gasteiger partial charge on any atom is 0.178 e. The first-order valence-corrected chi connectivity index (χ1v) is 5.46. The molecule has 0 aliphatic carbocycles. The average molecular weight is 224 g/mol. The molecule has 0 amide bonds. The van der Waals surface area contributed by atoms with Crippen LogP contribution in [0.3, 0.4) is 0 Å². The minimum Gasteiger partial charge on any atom is -0.396 e. The van der Waals surface area contributed by atoms with Gasteiger partial charge in [-0.2, -0.15) is 5.10 Å². The van der Waals surface area contributed by atoms with E-state index in [0.29, 0.717) is 5.69 Å². The summed E-state index contributed by atoms with van der Waals surface area (Å²) < 4.78 is 1.72. The van der Waals surface area contributed by atoms with Crippen molar-refractivity contribution in [3.8, 4) is 0 Å². The zero-order valence-electron chi connectivity index (χ0n) is 9.24. The number of pyridine rings is 1. The van der Waals surface area contributed by atoms with Gasteiger partial charge in [0, 0.05) is 12.6 Å². The second-order valence-corrected chi connectivity index (χ2v) is 3.92. The molecule has 0 aliphatic heterocycles. The van der Waals surface area contributed by atoms with E-state index >= 15 is 0 Å². The SMILES string of the molecule is Nc1cccn2nc(Cc3ccccc3)nc12. The number of hydrogen-bond donors (Lipinski definition) is 1. The number of nitrogens with zero attached hydrogens (tertiary/aromatic N) is 3. The zero-order valence-corrected chi connectivity index (χ0v) is 9.24. The number of benzene rings is 1. The number of hydrogen-bond acceptors (Lipinski definition) is 3. The van der Waals surface area contributed by atoms with Crippen molar-refractivity contribution in [2.24, 2.45) is 0 Å². The van der Waals surface area contributed by atoms with Crippen molar-refractivity contribution in [3.05, 3.63) is 60.0 Å². The van der Waals surface area contributed by atoms with Crippen LogP contribution in [0.25, 0.3) is 5.65 Å². The zero-order chi connectivity index (χ0) is 11.7. The van der Waals surface area contributed by atoms with Gasteiger partial charge in [-0.1, -0.05) is 30.3 Å². The molecule has 4 nitrogen and oxygen atoms in total. The van der Waals surface area contributed by atoms with E-state index in [1.54, 1.807) is 4.52 Å². The highest BCUT2D eigenvalue weighted by atomic mass is 15.3. The van der Waals surface area contributed by atoms with Crippen LogP contribution in [0.2, 0.25) is 0 Å². The van der Waals surface area contributed by atoms with Crippen molar-refractivity contribution in [3.63, 3.8) is 0 Å². The molecule has 0 spiro atoms. The lowest BCUT2D eigenvalue weighted by atomic mass is 10.1. The van der Waals surface area contributed by atoms with Gasteiger partial charge in [0.1, 0.15) is 0 Å². The Morgan fingerprint density at radius 1 is 1.06 bits per heavy atom. The Balaban J connectivity index is 1.99. The molecule has 0 unspecified atom stereocenters. The van der Waals surface area contributed by atoms with Gasteiger partial charge in [-0.15, -0.1) is 0 Å². The number of aromatic nitrogens is 3. The van der Waals surface area contributed by atoms with E-state index in [1.807, 2.05) is 36.5 Å². The summed E-state index contributed by atoms with van der Waals surface area (Å²) in [7, 11) is 0. The quantitative estimate of drug-likeness (QED) is 0.723. The number of fused-ring (bicyclic) bond motifs is 1. The second-order valence-electron chi connectivity index (χ2n) is 3.92. The highest BCUT2D eigenvalue weighted by molar-refractivity contribution is 5.63. The van der Waals surface area contributed by atoms with Crippen LogP contribution in [-0.4, -0.2) is 14.6 Å². The molecule has 3 aromatic rings. The molecular formula is C13H12N4. The van der Waals surface area contributed by atoms with Gasteiger partial charge in [-0.05, 0) is 17.7 Å². The molecule has 0 saturated carbocycles. The molecule has 0 radical (unpaired) electrons. The first-order valence-electron chi connectivity index (χ1n) is 5.46. The molecular weight excluding hydrogens is 212 g/mol. The molecule has 2 heterocycles. The minimum atomic E-state index is 0.652. The Labute approximate surface area is 98.7 Å². The van der Waals surface area contributed by atoms with Crippen molar-refractivity contribution >= 4 is 11.3 Å². The van der Waals surface area contributed by atoms with Crippen molar-refractivity contribution in [1.29, 1.82) is 0 Å². The molecule has 0 saturated heterocycles. The summed E-state index contributed by atoms with van der Waals surface area (Å²) in [5.41, 5.74) is 8.41. The number of anilines is 1. The largest absolute Gasteiger partial charge is 0.396 e. The van der Waals surface area contributed by atoms with E-state index < -0.39 is 0 Å². The molecule has 84 valence electrons. The van der Waals surface area contributed by atoms with Gasteiger partial charge in [-0.25, -0.2) is 9.50 Å². The Morgan fingerprint density at radius 2 is 1.88 bits per heavy atom. The normalized spacial score (nSPS) is 10.8. The van der Waals surface area contributed by atoms with E-state index in [2.05, 4.69) is 22.2 Å². The summed E-state index contributed by atoms with van der Waals surface area (Å²) in [6.45, 7) is 0. The minimum absolute atomic E-state index is 0.652. The maximum absolute atomic E-state index is 5.84. The lowest BCUT2D eigenvalue weighted by molar-refractivity contribution is 0.900. The second kappa shape index (κ2) is 3.90. The summed E-state index contributed by atoms with van der Waals surface area (Å²) in [6.07, 6.45) is 2.58. The molecule has 0 fully saturated rings. The predicted molar refractivity (Wildman–Crippen MR) is 66.6 cm³/mol. The fraction of sp³-hybridized carbons (Fsp3) is 0.0769. The van der Waals surface area contributed by atoms with Crippen LogP contribution in [0, 0.1) is 0 Å². The monoisotopic (exact) mass is 224 g/mol. The van der Waals surface area contributed by atoms with Crippen LogP contribution >= 0.6 is 0 Å². The van der Waals surface area contributed by atoms with Gasteiger partial charge in [-0.3, -0.25) is 0 Å². The van der Waals surface area contributed by atoms with Gasteiger partial charge in [0.15, 0.2) is 11.5 Å². The van der Waals surface area contributed by atoms with Crippen LogP contribution in [0.4, 0.5) is 5.69 Å². The van der Waals surface area contributed by atoms with Crippen molar-refractivity contribution in [2.75, 3.05) is 5.73 Å². The third kappa shape index (κ3) is 1.85. The smallest absolute Gasteiger partial charge is 0.178 e. The molecule has 0 bridgehead atoms. The van der Waals surface area contributed by atoms with Crippen LogP contribution in [-0.2, 0) is 6.42 Å². The van der Waals surface area contributed by atoms with Crippen LogP contribution in [0.5, 0.6) is 0 Å². The lowest BCUT2D eigenvalue weighted by Gasteiger charge is -1.94. The summed E-state index contributed by atoms with van der Waals surface area (Å²) in [6, 6.07) is 13.8. The molecule has 2 aromatic heterocycles. The first-order chi connectivity index (χ1) is 8.33. The fourth-order valence-electron chi connectivity index (χ4n) is 1.82. The molecule has 0 atom stereocenters. The highest BCUT2D eigenvalue weighted by Crippen LogP contribution is 2.12. The third-order valence-electron chi connectivity index (χ3n) is 2.64. The molecule has 2 N–H and O–H groups in total. The van der Waals surface area contributed by atoms with Gasteiger partial charge in [0.2, 0.25) is 0 Å². The molecule has 17 heavy (non-hydrogen) atoms. The van der Waals surface area contributed by atoms with Gasteiger partial charge < -0.3 is 5.73 Å². The van der Waals surface area contributed by atoms with Gasteiger partial charge in [0.05, 0.1) is 5.69 Å². The Morgan fingerprint density at radius 3 is 2.65 bits per heavy atom. The summed E-state index contributed by atoms with van der Waals surface area (Å²) >= 11 is 0. The fourth-order valence-corrected chi connectivity index (χ4v) is 1.82. The van der Waals surface area contributed by atoms with Crippen molar-refractivity contribution < 1.29 is 0 Å². The average Bonchev–Trinajstić information content (AvgIpc) is 2.74. The van der Waals surface area contributed by atoms with E-state index in [1.165, 1.54) is 5.56 Å².